The fourth-order valence-electron chi connectivity index (χ4n) is 2.17. The molecule has 0 spiro atoms. The lowest BCUT2D eigenvalue weighted by atomic mass is 10.1. The highest BCUT2D eigenvalue weighted by Gasteiger charge is 2.34. The Bertz CT molecular complexity index is 525. The Hall–Kier alpha value is -1.78. The van der Waals surface area contributed by atoms with Gasteiger partial charge in [0.15, 0.2) is 0 Å². The first-order valence-electron chi connectivity index (χ1n) is 6.13. The van der Waals surface area contributed by atoms with E-state index in [0.717, 1.165) is 6.07 Å². The fraction of sp³-hybridized carbons (Fsp3) is 0.462. The Morgan fingerprint density at radius 3 is 2.80 bits per heavy atom. The highest BCUT2D eigenvalue weighted by atomic mass is 19.4. The van der Waals surface area contributed by atoms with Gasteiger partial charge in [-0.1, -0.05) is 0 Å². The van der Waals surface area contributed by atoms with Gasteiger partial charge in [-0.05, 0) is 18.2 Å². The largest absolute Gasteiger partial charge is 0.417 e. The summed E-state index contributed by atoms with van der Waals surface area (Å²) in [5, 5.41) is 8.89. The maximum Gasteiger partial charge on any atom is 0.417 e. The molecule has 1 aliphatic rings. The van der Waals surface area contributed by atoms with Crippen LogP contribution in [0.3, 0.4) is 0 Å². The Kier molecular flexibility index (Phi) is 4.16. The summed E-state index contributed by atoms with van der Waals surface area (Å²) < 4.78 is 43.6. The molecule has 1 heterocycles. The van der Waals surface area contributed by atoms with Gasteiger partial charge < -0.3 is 15.4 Å². The lowest BCUT2D eigenvalue weighted by Gasteiger charge is -2.34. The Labute approximate surface area is 114 Å². The number of nitrogens with two attached hydrogens (primary N) is 1. The third kappa shape index (κ3) is 3.03. The first-order valence-corrected chi connectivity index (χ1v) is 6.13. The van der Waals surface area contributed by atoms with Crippen LogP contribution in [0.4, 0.5) is 18.9 Å². The summed E-state index contributed by atoms with van der Waals surface area (Å²) in [4.78, 5) is 1.88. The van der Waals surface area contributed by atoms with Gasteiger partial charge in [0.25, 0.3) is 0 Å². The van der Waals surface area contributed by atoms with E-state index in [0.29, 0.717) is 31.9 Å². The van der Waals surface area contributed by atoms with E-state index in [1.807, 2.05) is 4.90 Å². The van der Waals surface area contributed by atoms with Gasteiger partial charge in [0.2, 0.25) is 0 Å². The number of morpholine rings is 1. The van der Waals surface area contributed by atoms with Gasteiger partial charge in [-0.2, -0.15) is 18.4 Å². The second-order valence-electron chi connectivity index (χ2n) is 4.51. The van der Waals surface area contributed by atoms with E-state index < -0.39 is 11.7 Å². The number of hydrogen-bond donors (Lipinski definition) is 1. The van der Waals surface area contributed by atoms with Crippen molar-refractivity contribution in [2.24, 2.45) is 5.73 Å². The molecular formula is C13H14F3N3O. The zero-order valence-corrected chi connectivity index (χ0v) is 10.7. The molecule has 4 nitrogen and oxygen atoms in total. The van der Waals surface area contributed by atoms with Crippen molar-refractivity contribution >= 4 is 5.69 Å². The lowest BCUT2D eigenvalue weighted by Crippen LogP contribution is -2.45. The topological polar surface area (TPSA) is 62.3 Å². The molecule has 2 N–H and O–H groups in total. The van der Waals surface area contributed by atoms with Crippen LogP contribution in [0.1, 0.15) is 11.1 Å². The van der Waals surface area contributed by atoms with E-state index in [1.165, 1.54) is 12.1 Å². The van der Waals surface area contributed by atoms with Gasteiger partial charge in [-0.3, -0.25) is 0 Å². The zero-order chi connectivity index (χ0) is 14.8. The smallest absolute Gasteiger partial charge is 0.373 e. The molecule has 0 bridgehead atoms. The molecule has 0 radical (unpaired) electrons. The van der Waals surface area contributed by atoms with Crippen LogP contribution in [0.5, 0.6) is 0 Å². The summed E-state index contributed by atoms with van der Waals surface area (Å²) in [6, 6.07) is 5.19. The first kappa shape index (κ1) is 14.6. The number of benzene rings is 1. The second-order valence-corrected chi connectivity index (χ2v) is 4.51. The lowest BCUT2D eigenvalue weighted by molar-refractivity contribution is -0.137. The second kappa shape index (κ2) is 5.69. The first-order chi connectivity index (χ1) is 9.45. The van der Waals surface area contributed by atoms with E-state index in [1.54, 1.807) is 6.07 Å². The van der Waals surface area contributed by atoms with Gasteiger partial charge in [0.05, 0.1) is 29.9 Å². The van der Waals surface area contributed by atoms with Crippen molar-refractivity contribution in [1.29, 1.82) is 5.26 Å². The summed E-state index contributed by atoms with van der Waals surface area (Å²) >= 11 is 0. The molecule has 0 aliphatic carbocycles. The summed E-state index contributed by atoms with van der Waals surface area (Å²) in [5.74, 6) is 0. The minimum absolute atomic E-state index is 0.142. The molecule has 20 heavy (non-hydrogen) atoms. The third-order valence-corrected chi connectivity index (χ3v) is 3.20. The molecule has 1 fully saturated rings. The number of alkyl halides is 3. The summed E-state index contributed by atoms with van der Waals surface area (Å²) in [6.45, 7) is 1.88. The molecule has 1 aromatic rings. The fourth-order valence-corrected chi connectivity index (χ4v) is 2.17. The van der Waals surface area contributed by atoms with E-state index in [2.05, 4.69) is 0 Å². The van der Waals surface area contributed by atoms with Crippen molar-refractivity contribution in [3.63, 3.8) is 0 Å². The normalized spacial score (nSPS) is 19.8. The zero-order valence-electron chi connectivity index (χ0n) is 10.7. The Morgan fingerprint density at radius 2 is 2.20 bits per heavy atom. The number of nitriles is 1. The van der Waals surface area contributed by atoms with E-state index in [9.17, 15) is 13.2 Å². The molecule has 0 amide bonds. The molecule has 7 heteroatoms. The maximum atomic E-state index is 12.7. The van der Waals surface area contributed by atoms with Crippen molar-refractivity contribution in [1.82, 2.24) is 0 Å². The predicted octanol–water partition coefficient (Wildman–Crippen LogP) is 1.74. The minimum atomic E-state index is -4.52. The number of halogens is 3. The molecule has 1 unspecified atom stereocenters. The Balaban J connectivity index is 2.28. The third-order valence-electron chi connectivity index (χ3n) is 3.20. The van der Waals surface area contributed by atoms with Crippen molar-refractivity contribution in [3.05, 3.63) is 29.3 Å². The van der Waals surface area contributed by atoms with Gasteiger partial charge in [-0.15, -0.1) is 0 Å². The average molecular weight is 285 g/mol. The number of anilines is 1. The summed E-state index contributed by atoms with van der Waals surface area (Å²) in [5.41, 5.74) is 4.83. The van der Waals surface area contributed by atoms with Crippen molar-refractivity contribution in [3.8, 4) is 6.07 Å². The van der Waals surface area contributed by atoms with Crippen molar-refractivity contribution < 1.29 is 17.9 Å². The van der Waals surface area contributed by atoms with Crippen LogP contribution in [0.2, 0.25) is 0 Å². The summed E-state index contributed by atoms with van der Waals surface area (Å²) in [7, 11) is 0. The van der Waals surface area contributed by atoms with Crippen molar-refractivity contribution in [2.75, 3.05) is 31.1 Å². The van der Waals surface area contributed by atoms with Gasteiger partial charge in [0.1, 0.15) is 0 Å². The number of rotatable bonds is 2. The molecule has 0 aromatic heterocycles. The standard InChI is InChI=1S/C13H14F3N3O/c14-13(15,16)12-2-1-10(5-9(12)6-17)19-3-4-20-11(7-18)8-19/h1-2,5,11H,3-4,7-8,18H2. The van der Waals surface area contributed by atoms with Gasteiger partial charge in [-0.25, -0.2) is 0 Å². The molecule has 1 atom stereocenters. The molecule has 0 saturated carbocycles. The SMILES string of the molecule is N#Cc1cc(N2CCOC(CN)C2)ccc1C(F)(F)F. The van der Waals surface area contributed by atoms with E-state index in [4.69, 9.17) is 15.7 Å². The number of hydrogen-bond acceptors (Lipinski definition) is 4. The minimum Gasteiger partial charge on any atom is -0.373 e. The van der Waals surface area contributed by atoms with Crippen LogP contribution in [-0.2, 0) is 10.9 Å². The molecular weight excluding hydrogens is 271 g/mol. The molecule has 1 aliphatic heterocycles. The summed E-state index contributed by atoms with van der Waals surface area (Å²) in [6.07, 6.45) is -4.66. The van der Waals surface area contributed by atoms with E-state index >= 15 is 0 Å². The average Bonchev–Trinajstić information content (AvgIpc) is 2.45. The van der Waals surface area contributed by atoms with Gasteiger partial charge >= 0.3 is 6.18 Å². The van der Waals surface area contributed by atoms with Crippen molar-refractivity contribution in [2.45, 2.75) is 12.3 Å². The van der Waals surface area contributed by atoms with Crippen LogP contribution < -0.4 is 10.6 Å². The van der Waals surface area contributed by atoms with Crippen LogP contribution in [0.25, 0.3) is 0 Å². The van der Waals surface area contributed by atoms with E-state index in [-0.39, 0.29) is 11.7 Å². The molecule has 2 rings (SSSR count). The monoisotopic (exact) mass is 285 g/mol. The maximum absolute atomic E-state index is 12.7. The van der Waals surface area contributed by atoms with Crippen LogP contribution in [0.15, 0.2) is 18.2 Å². The molecule has 108 valence electrons. The highest BCUT2D eigenvalue weighted by molar-refractivity contribution is 5.55. The van der Waals surface area contributed by atoms with Crippen LogP contribution in [-0.4, -0.2) is 32.3 Å². The highest BCUT2D eigenvalue weighted by Crippen LogP contribution is 2.33. The Morgan fingerprint density at radius 1 is 1.45 bits per heavy atom. The molecule has 1 aromatic carbocycles. The predicted molar refractivity (Wildman–Crippen MR) is 67.2 cm³/mol. The number of nitrogens with zero attached hydrogens (tertiary/aromatic N) is 2. The molecule has 1 saturated heterocycles. The number of ether oxygens (including phenoxy) is 1. The van der Waals surface area contributed by atoms with Gasteiger partial charge in [0, 0.05) is 25.3 Å². The van der Waals surface area contributed by atoms with Crippen LogP contribution >= 0.6 is 0 Å². The quantitative estimate of drug-likeness (QED) is 0.899. The van der Waals surface area contributed by atoms with Crippen LogP contribution in [0, 0.1) is 11.3 Å².